The number of carboxylic acid groups (broad SMARTS) is 1. The molecule has 4 fully saturated rings. The quantitative estimate of drug-likeness (QED) is 0.709. The normalized spacial score (nSPS) is 38.3. The molecule has 0 aliphatic heterocycles. The fourth-order valence-electron chi connectivity index (χ4n) is 4.55. The lowest BCUT2D eigenvalue weighted by Gasteiger charge is -2.51. The number of rotatable bonds is 3. The molecule has 0 amide bonds. The minimum Gasteiger partial charge on any atom is -0.550 e. The van der Waals surface area contributed by atoms with Crippen LogP contribution < -0.4 is 5.11 Å². The van der Waals surface area contributed by atoms with Gasteiger partial charge in [-0.2, -0.15) is 5.26 Å². The smallest absolute Gasteiger partial charge is 0.0701 e. The second kappa shape index (κ2) is 4.42. The molecule has 3 heteroatoms. The van der Waals surface area contributed by atoms with E-state index in [1.807, 2.05) is 6.08 Å². The lowest BCUT2D eigenvalue weighted by Crippen LogP contribution is -2.40. The van der Waals surface area contributed by atoms with Crippen molar-refractivity contribution in [2.75, 3.05) is 0 Å². The van der Waals surface area contributed by atoms with Crippen LogP contribution in [0.4, 0.5) is 0 Å². The van der Waals surface area contributed by atoms with Gasteiger partial charge in [0.25, 0.3) is 0 Å². The predicted octanol–water partition coefficient (Wildman–Crippen LogP) is 1.65. The van der Waals surface area contributed by atoms with E-state index < -0.39 is 11.9 Å². The van der Waals surface area contributed by atoms with Gasteiger partial charge in [0.15, 0.2) is 0 Å². The van der Waals surface area contributed by atoms with Gasteiger partial charge in [0.2, 0.25) is 0 Å². The van der Waals surface area contributed by atoms with Crippen molar-refractivity contribution in [1.82, 2.24) is 0 Å². The van der Waals surface area contributed by atoms with Gasteiger partial charge < -0.3 is 9.90 Å². The number of hydrogen-bond acceptors (Lipinski definition) is 3. The zero-order valence-corrected chi connectivity index (χ0v) is 10.5. The van der Waals surface area contributed by atoms with Crippen LogP contribution in [-0.4, -0.2) is 5.97 Å². The molecule has 3 nitrogen and oxygen atoms in total. The number of aliphatic carboxylic acids is 1. The second-order valence-corrected chi connectivity index (χ2v) is 6.28. The molecule has 4 aliphatic carbocycles. The van der Waals surface area contributed by atoms with E-state index in [1.54, 1.807) is 0 Å². The maximum absolute atomic E-state index is 10.6. The first-order chi connectivity index (χ1) is 8.65. The van der Waals surface area contributed by atoms with E-state index >= 15 is 0 Å². The van der Waals surface area contributed by atoms with Crippen LogP contribution in [0.2, 0.25) is 0 Å². The van der Waals surface area contributed by atoms with E-state index in [4.69, 9.17) is 5.26 Å². The van der Waals surface area contributed by atoms with Gasteiger partial charge in [0.05, 0.1) is 12.0 Å². The van der Waals surface area contributed by atoms with Gasteiger partial charge in [-0.25, -0.2) is 0 Å². The third-order valence-electron chi connectivity index (χ3n) is 5.03. The van der Waals surface area contributed by atoms with Crippen molar-refractivity contribution in [3.8, 4) is 6.07 Å². The summed E-state index contributed by atoms with van der Waals surface area (Å²) in [6, 6.07) is 2.10. The Labute approximate surface area is 107 Å². The molecule has 0 aromatic heterocycles. The van der Waals surface area contributed by atoms with Crippen LogP contribution in [0.15, 0.2) is 11.6 Å². The average molecular weight is 244 g/mol. The molecule has 0 saturated heterocycles. The fraction of sp³-hybridized carbons (Fsp3) is 0.733. The van der Waals surface area contributed by atoms with Crippen molar-refractivity contribution < 1.29 is 9.90 Å². The lowest BCUT2D eigenvalue weighted by molar-refractivity contribution is -0.306. The summed E-state index contributed by atoms with van der Waals surface area (Å²) in [5, 5.41) is 19.7. The molecule has 96 valence electrons. The highest BCUT2D eigenvalue weighted by molar-refractivity contribution is 5.65. The molecule has 0 aromatic rings. The summed E-state index contributed by atoms with van der Waals surface area (Å²) < 4.78 is 0. The van der Waals surface area contributed by atoms with Gasteiger partial charge in [-0.05, 0) is 55.8 Å². The molecule has 4 aliphatic rings. The van der Waals surface area contributed by atoms with E-state index in [9.17, 15) is 9.90 Å². The van der Waals surface area contributed by atoms with Crippen molar-refractivity contribution in [2.24, 2.45) is 29.6 Å². The number of allylic oxidation sites excluding steroid dienone is 2. The maximum Gasteiger partial charge on any atom is 0.0701 e. The molecule has 0 spiro atoms. The van der Waals surface area contributed by atoms with Crippen LogP contribution >= 0.6 is 0 Å². The van der Waals surface area contributed by atoms with Crippen molar-refractivity contribution in [3.05, 3.63) is 11.6 Å². The highest BCUT2D eigenvalue weighted by Crippen LogP contribution is 2.56. The van der Waals surface area contributed by atoms with Crippen LogP contribution in [0.25, 0.3) is 0 Å². The molecule has 4 saturated carbocycles. The second-order valence-electron chi connectivity index (χ2n) is 6.28. The van der Waals surface area contributed by atoms with Gasteiger partial charge >= 0.3 is 0 Å². The zero-order chi connectivity index (χ0) is 12.7. The molecule has 4 bridgehead atoms. The SMILES string of the molecule is N#CC(C=C1C2CC3CC(C2)CC1C3)CC(=O)[O-]. The summed E-state index contributed by atoms with van der Waals surface area (Å²) in [7, 11) is 0. The standard InChI is InChI=1S/C15H19NO2/c16-8-11(7-15(17)18)6-14-12-2-9-1-10(4-12)5-13(14)3-9/h6,9-13H,1-5,7H2,(H,17,18)/p-1. The topological polar surface area (TPSA) is 63.9 Å². The first-order valence-corrected chi connectivity index (χ1v) is 6.96. The molecule has 0 N–H and O–H groups in total. The van der Waals surface area contributed by atoms with Crippen LogP contribution in [0.3, 0.4) is 0 Å². The monoisotopic (exact) mass is 244 g/mol. The molecular formula is C15H18NO2-. The van der Waals surface area contributed by atoms with Crippen molar-refractivity contribution in [1.29, 1.82) is 5.26 Å². The van der Waals surface area contributed by atoms with Gasteiger partial charge in [-0.3, -0.25) is 0 Å². The molecule has 0 aromatic carbocycles. The highest BCUT2D eigenvalue weighted by Gasteiger charge is 2.45. The van der Waals surface area contributed by atoms with E-state index in [0.717, 1.165) is 11.8 Å². The third-order valence-corrected chi connectivity index (χ3v) is 5.03. The Balaban J connectivity index is 1.79. The Morgan fingerprint density at radius 2 is 1.83 bits per heavy atom. The number of nitrogens with zero attached hydrogens (tertiary/aromatic N) is 1. The van der Waals surface area contributed by atoms with Crippen LogP contribution in [0, 0.1) is 40.9 Å². The van der Waals surface area contributed by atoms with E-state index in [0.29, 0.717) is 11.8 Å². The third kappa shape index (κ3) is 2.05. The summed E-state index contributed by atoms with van der Waals surface area (Å²) in [6.45, 7) is 0. The predicted molar refractivity (Wildman–Crippen MR) is 63.9 cm³/mol. The van der Waals surface area contributed by atoms with Crippen molar-refractivity contribution in [2.45, 2.75) is 38.5 Å². The minimum absolute atomic E-state index is 0.160. The van der Waals surface area contributed by atoms with Gasteiger partial charge in [0, 0.05) is 12.4 Å². The zero-order valence-electron chi connectivity index (χ0n) is 10.5. The van der Waals surface area contributed by atoms with E-state index in [-0.39, 0.29) is 6.42 Å². The summed E-state index contributed by atoms with van der Waals surface area (Å²) >= 11 is 0. The maximum atomic E-state index is 10.6. The number of carbonyl (C=O) groups is 1. The highest BCUT2D eigenvalue weighted by atomic mass is 16.4. The number of nitriles is 1. The van der Waals surface area contributed by atoms with Gasteiger partial charge in [-0.1, -0.05) is 11.6 Å². The summed E-state index contributed by atoms with van der Waals surface area (Å²) in [5.74, 6) is 1.44. The first kappa shape index (κ1) is 11.8. The molecule has 0 radical (unpaired) electrons. The molecule has 4 rings (SSSR count). The summed E-state index contributed by atoms with van der Waals surface area (Å²) in [5.41, 5.74) is 1.40. The Kier molecular flexibility index (Phi) is 2.89. The van der Waals surface area contributed by atoms with Gasteiger partial charge in [0.1, 0.15) is 0 Å². The Hall–Kier alpha value is -1.30. The fourth-order valence-corrected chi connectivity index (χ4v) is 4.55. The van der Waals surface area contributed by atoms with Crippen LogP contribution in [0.5, 0.6) is 0 Å². The van der Waals surface area contributed by atoms with Crippen molar-refractivity contribution >= 4 is 5.97 Å². The molecule has 18 heavy (non-hydrogen) atoms. The first-order valence-electron chi connectivity index (χ1n) is 6.96. The molecular weight excluding hydrogens is 226 g/mol. The van der Waals surface area contributed by atoms with Crippen LogP contribution in [0.1, 0.15) is 38.5 Å². The number of hydrogen-bond donors (Lipinski definition) is 0. The minimum atomic E-state index is -1.12. The number of carboxylic acids is 1. The summed E-state index contributed by atoms with van der Waals surface area (Å²) in [6.07, 6.45) is 8.27. The van der Waals surface area contributed by atoms with Gasteiger partial charge in [-0.15, -0.1) is 0 Å². The van der Waals surface area contributed by atoms with Crippen LogP contribution in [-0.2, 0) is 4.79 Å². The Morgan fingerprint density at radius 1 is 1.28 bits per heavy atom. The van der Waals surface area contributed by atoms with Crippen molar-refractivity contribution in [3.63, 3.8) is 0 Å². The largest absolute Gasteiger partial charge is 0.550 e. The van der Waals surface area contributed by atoms with E-state index in [2.05, 4.69) is 6.07 Å². The Morgan fingerprint density at radius 3 is 2.28 bits per heavy atom. The number of carbonyl (C=O) groups excluding carboxylic acids is 1. The lowest BCUT2D eigenvalue weighted by atomic mass is 9.54. The Bertz CT molecular complexity index is 402. The molecule has 1 unspecified atom stereocenters. The summed E-state index contributed by atoms with van der Waals surface area (Å²) in [4.78, 5) is 10.6. The molecule has 1 atom stereocenters. The average Bonchev–Trinajstić information content (AvgIpc) is 2.30. The molecule has 0 heterocycles. The van der Waals surface area contributed by atoms with E-state index in [1.165, 1.54) is 37.7 Å².